The second kappa shape index (κ2) is 7.11. The van der Waals surface area contributed by atoms with Gasteiger partial charge >= 0.3 is 0 Å². The van der Waals surface area contributed by atoms with Crippen molar-refractivity contribution in [2.24, 2.45) is 10.2 Å². The lowest BCUT2D eigenvalue weighted by molar-refractivity contribution is 0.321. The molecule has 0 aromatic heterocycles. The maximum absolute atomic E-state index is 10.2. The largest absolute Gasteiger partial charge is 0.507 e. The molecule has 5 heteroatoms. The molecule has 4 rings (SSSR count). The number of nitrogens with one attached hydrogen (secondary N) is 1. The number of hydrogen-bond acceptors (Lipinski definition) is 5. The van der Waals surface area contributed by atoms with Crippen LogP contribution in [0.2, 0.25) is 0 Å². The normalized spacial score (nSPS) is 16.5. The highest BCUT2D eigenvalue weighted by Gasteiger charge is 2.31. The number of nitrogens with zero attached hydrogens (tertiary/aromatic N) is 3. The molecule has 2 N–H and O–H groups in total. The third kappa shape index (κ3) is 3.15. The van der Waals surface area contributed by atoms with Crippen LogP contribution in [0, 0.1) is 0 Å². The first-order valence-electron chi connectivity index (χ1n) is 8.38. The van der Waals surface area contributed by atoms with Gasteiger partial charge < -0.3 is 5.11 Å². The van der Waals surface area contributed by atoms with Crippen LogP contribution in [0.25, 0.3) is 0 Å². The zero-order valence-electron chi connectivity index (χ0n) is 14.0. The van der Waals surface area contributed by atoms with Crippen LogP contribution in [-0.4, -0.2) is 22.2 Å². The van der Waals surface area contributed by atoms with Crippen molar-refractivity contribution in [1.82, 2.24) is 10.4 Å². The number of para-hydroxylation sites is 1. The standard InChI is InChI=1S/C21H18N4O/c26-19-14-8-7-13-18(19)21-24-23-20(17-11-5-2-6-12-17)25(21)22-15-16-9-3-1-4-10-16/h1-15,20,23,26H. The van der Waals surface area contributed by atoms with Gasteiger partial charge in [-0.05, 0) is 23.3 Å². The van der Waals surface area contributed by atoms with E-state index < -0.39 is 0 Å². The zero-order chi connectivity index (χ0) is 17.8. The summed E-state index contributed by atoms with van der Waals surface area (Å²) in [5.74, 6) is 0.741. The van der Waals surface area contributed by atoms with E-state index in [1.54, 1.807) is 23.4 Å². The van der Waals surface area contributed by atoms with Gasteiger partial charge in [0, 0.05) is 0 Å². The third-order valence-corrected chi connectivity index (χ3v) is 4.15. The summed E-state index contributed by atoms with van der Waals surface area (Å²) in [6, 6.07) is 27.0. The lowest BCUT2D eigenvalue weighted by Crippen LogP contribution is -2.29. The van der Waals surface area contributed by atoms with Crippen molar-refractivity contribution in [3.8, 4) is 5.75 Å². The molecule has 1 atom stereocenters. The maximum Gasteiger partial charge on any atom is 0.182 e. The van der Waals surface area contributed by atoms with Crippen LogP contribution in [0.15, 0.2) is 95.1 Å². The Hall–Kier alpha value is -3.60. The van der Waals surface area contributed by atoms with E-state index in [2.05, 4.69) is 15.6 Å². The fourth-order valence-electron chi connectivity index (χ4n) is 2.84. The molecule has 26 heavy (non-hydrogen) atoms. The highest BCUT2D eigenvalue weighted by molar-refractivity contribution is 6.02. The van der Waals surface area contributed by atoms with E-state index in [1.807, 2.05) is 72.8 Å². The molecule has 0 saturated heterocycles. The molecule has 3 aromatic rings. The van der Waals surface area contributed by atoms with Crippen LogP contribution in [0.5, 0.6) is 5.75 Å². The van der Waals surface area contributed by atoms with Crippen molar-refractivity contribution in [3.05, 3.63) is 102 Å². The summed E-state index contributed by atoms with van der Waals surface area (Å²) in [5, 5.41) is 21.1. The highest BCUT2D eigenvalue weighted by atomic mass is 16.3. The van der Waals surface area contributed by atoms with Gasteiger partial charge in [-0.15, -0.1) is 0 Å². The van der Waals surface area contributed by atoms with E-state index in [0.717, 1.165) is 11.1 Å². The summed E-state index contributed by atoms with van der Waals surface area (Å²) < 4.78 is 0. The lowest BCUT2D eigenvalue weighted by Gasteiger charge is -2.22. The zero-order valence-corrected chi connectivity index (χ0v) is 14.0. The van der Waals surface area contributed by atoms with E-state index in [-0.39, 0.29) is 11.9 Å². The van der Waals surface area contributed by atoms with Gasteiger partial charge in [0.05, 0.1) is 11.8 Å². The Morgan fingerprint density at radius 2 is 1.54 bits per heavy atom. The predicted molar refractivity (Wildman–Crippen MR) is 103 cm³/mol. The van der Waals surface area contributed by atoms with E-state index in [9.17, 15) is 5.11 Å². The summed E-state index contributed by atoms with van der Waals surface area (Å²) in [5.41, 5.74) is 5.78. The fraction of sp³-hybridized carbons (Fsp3) is 0.0476. The Labute approximate surface area is 151 Å². The molecule has 1 aliphatic rings. The Morgan fingerprint density at radius 1 is 0.885 bits per heavy atom. The average molecular weight is 342 g/mol. The third-order valence-electron chi connectivity index (χ3n) is 4.15. The number of phenolic OH excluding ortho intramolecular Hbond substituents is 1. The molecule has 1 unspecified atom stereocenters. The first kappa shape index (κ1) is 15.9. The van der Waals surface area contributed by atoms with Gasteiger partial charge in [0.25, 0.3) is 0 Å². The first-order valence-corrected chi connectivity index (χ1v) is 8.38. The van der Waals surface area contributed by atoms with Crippen LogP contribution >= 0.6 is 0 Å². The molecule has 0 spiro atoms. The minimum atomic E-state index is -0.245. The second-order valence-electron chi connectivity index (χ2n) is 5.89. The molecule has 1 aliphatic heterocycles. The monoisotopic (exact) mass is 342 g/mol. The molecule has 0 radical (unpaired) electrons. The Bertz CT molecular complexity index is 938. The van der Waals surface area contributed by atoms with Crippen molar-refractivity contribution >= 4 is 12.1 Å². The van der Waals surface area contributed by atoms with Crippen LogP contribution in [0.4, 0.5) is 0 Å². The maximum atomic E-state index is 10.2. The van der Waals surface area contributed by atoms with Gasteiger partial charge in [0.15, 0.2) is 12.0 Å². The number of hydrogen-bond donors (Lipinski definition) is 2. The molecule has 1 heterocycles. The molecule has 0 bridgehead atoms. The summed E-state index contributed by atoms with van der Waals surface area (Å²) >= 11 is 0. The lowest BCUT2D eigenvalue weighted by atomic mass is 10.1. The second-order valence-corrected chi connectivity index (χ2v) is 5.89. The van der Waals surface area contributed by atoms with E-state index >= 15 is 0 Å². The van der Waals surface area contributed by atoms with E-state index in [4.69, 9.17) is 0 Å². The summed E-state index contributed by atoms with van der Waals surface area (Å²) in [4.78, 5) is 0. The van der Waals surface area contributed by atoms with Crippen LogP contribution in [0.1, 0.15) is 22.9 Å². The van der Waals surface area contributed by atoms with Gasteiger partial charge in [0.1, 0.15) is 5.75 Å². The molecule has 0 saturated carbocycles. The number of benzene rings is 3. The molecule has 5 nitrogen and oxygen atoms in total. The SMILES string of the molecule is Oc1ccccc1C1=NNC(c2ccccc2)N1N=Cc1ccccc1. The average Bonchev–Trinajstić information content (AvgIpc) is 3.12. The Morgan fingerprint density at radius 3 is 2.27 bits per heavy atom. The van der Waals surface area contributed by atoms with Crippen molar-refractivity contribution in [2.45, 2.75) is 6.17 Å². The number of amidine groups is 1. The minimum Gasteiger partial charge on any atom is -0.507 e. The highest BCUT2D eigenvalue weighted by Crippen LogP contribution is 2.28. The van der Waals surface area contributed by atoms with Crippen LogP contribution in [-0.2, 0) is 0 Å². The van der Waals surface area contributed by atoms with E-state index in [1.165, 1.54) is 0 Å². The topological polar surface area (TPSA) is 60.2 Å². The minimum absolute atomic E-state index is 0.168. The van der Waals surface area contributed by atoms with Gasteiger partial charge in [-0.3, -0.25) is 5.43 Å². The van der Waals surface area contributed by atoms with E-state index in [0.29, 0.717) is 11.4 Å². The molecular weight excluding hydrogens is 324 g/mol. The van der Waals surface area contributed by atoms with Gasteiger partial charge in [-0.2, -0.15) is 10.2 Å². The summed E-state index contributed by atoms with van der Waals surface area (Å²) in [7, 11) is 0. The van der Waals surface area contributed by atoms with Gasteiger partial charge in [-0.25, -0.2) is 5.01 Å². The molecule has 128 valence electrons. The van der Waals surface area contributed by atoms with Crippen LogP contribution < -0.4 is 5.43 Å². The predicted octanol–water partition coefficient (Wildman–Crippen LogP) is 3.69. The Kier molecular flexibility index (Phi) is 4.35. The number of rotatable bonds is 4. The fourth-order valence-corrected chi connectivity index (χ4v) is 2.84. The van der Waals surface area contributed by atoms with Gasteiger partial charge in [-0.1, -0.05) is 72.8 Å². The van der Waals surface area contributed by atoms with Crippen molar-refractivity contribution < 1.29 is 5.11 Å². The Balaban J connectivity index is 1.72. The number of phenols is 1. The summed E-state index contributed by atoms with van der Waals surface area (Å²) in [6.45, 7) is 0. The summed E-state index contributed by atoms with van der Waals surface area (Å²) in [6.07, 6.45) is 1.55. The smallest absolute Gasteiger partial charge is 0.182 e. The molecule has 0 amide bonds. The molecule has 0 fully saturated rings. The molecule has 0 aliphatic carbocycles. The number of hydrazone groups is 2. The van der Waals surface area contributed by atoms with Crippen molar-refractivity contribution in [2.75, 3.05) is 0 Å². The molecule has 3 aromatic carbocycles. The van der Waals surface area contributed by atoms with Crippen LogP contribution in [0.3, 0.4) is 0 Å². The quantitative estimate of drug-likeness (QED) is 0.711. The number of aromatic hydroxyl groups is 1. The van der Waals surface area contributed by atoms with Crippen molar-refractivity contribution in [1.29, 1.82) is 0 Å². The molecular formula is C21H18N4O. The van der Waals surface area contributed by atoms with Crippen molar-refractivity contribution in [3.63, 3.8) is 0 Å². The van der Waals surface area contributed by atoms with Gasteiger partial charge in [0.2, 0.25) is 0 Å². The first-order chi connectivity index (χ1) is 12.8.